The molecule has 0 radical (unpaired) electrons. The summed E-state index contributed by atoms with van der Waals surface area (Å²) in [6.07, 6.45) is 0. The third kappa shape index (κ3) is 2.77. The van der Waals surface area contributed by atoms with Gasteiger partial charge in [-0.1, -0.05) is 6.92 Å². The molecule has 0 aromatic heterocycles. The van der Waals surface area contributed by atoms with Crippen LogP contribution >= 0.6 is 0 Å². The lowest BCUT2D eigenvalue weighted by Gasteiger charge is -2.04. The van der Waals surface area contributed by atoms with Gasteiger partial charge in [0, 0.05) is 6.54 Å². The van der Waals surface area contributed by atoms with Gasteiger partial charge in [-0.3, -0.25) is 0 Å². The summed E-state index contributed by atoms with van der Waals surface area (Å²) in [5, 5.41) is 8.62. The highest BCUT2D eigenvalue weighted by molar-refractivity contribution is 7.89. The SMILES string of the molecule is CCNS(=O)(=O)c1ccc(C(=O)O)cc1. The van der Waals surface area contributed by atoms with E-state index in [-0.39, 0.29) is 10.5 Å². The first kappa shape index (κ1) is 11.7. The number of hydrogen-bond donors (Lipinski definition) is 2. The van der Waals surface area contributed by atoms with E-state index in [4.69, 9.17) is 5.11 Å². The zero-order chi connectivity index (χ0) is 11.5. The Balaban J connectivity index is 3.04. The van der Waals surface area contributed by atoms with Gasteiger partial charge in [0.1, 0.15) is 0 Å². The van der Waals surface area contributed by atoms with Gasteiger partial charge in [-0.2, -0.15) is 0 Å². The predicted octanol–water partition coefficient (Wildman–Crippen LogP) is 0.683. The fourth-order valence-electron chi connectivity index (χ4n) is 1.05. The van der Waals surface area contributed by atoms with Crippen LogP contribution in [-0.2, 0) is 10.0 Å². The van der Waals surface area contributed by atoms with Gasteiger partial charge in [-0.15, -0.1) is 0 Å². The lowest BCUT2D eigenvalue weighted by molar-refractivity contribution is 0.0697. The number of rotatable bonds is 4. The van der Waals surface area contributed by atoms with E-state index >= 15 is 0 Å². The van der Waals surface area contributed by atoms with Gasteiger partial charge < -0.3 is 5.11 Å². The van der Waals surface area contributed by atoms with Crippen LogP contribution in [0, 0.1) is 0 Å². The molecule has 1 aromatic rings. The van der Waals surface area contributed by atoms with Crippen molar-refractivity contribution < 1.29 is 18.3 Å². The number of nitrogens with one attached hydrogen (secondary N) is 1. The average Bonchev–Trinajstić information content (AvgIpc) is 2.18. The molecule has 0 amide bonds. The highest BCUT2D eigenvalue weighted by Gasteiger charge is 2.12. The first-order valence-corrected chi connectivity index (χ1v) is 5.78. The smallest absolute Gasteiger partial charge is 0.335 e. The number of hydrogen-bond acceptors (Lipinski definition) is 3. The molecule has 82 valence electrons. The lowest BCUT2D eigenvalue weighted by atomic mass is 10.2. The molecular formula is C9H11NO4S. The number of sulfonamides is 1. The van der Waals surface area contributed by atoms with Crippen molar-refractivity contribution in [3.05, 3.63) is 29.8 Å². The first-order chi connectivity index (χ1) is 6.97. The summed E-state index contributed by atoms with van der Waals surface area (Å²) in [5.74, 6) is -1.08. The van der Waals surface area contributed by atoms with Gasteiger partial charge in [0.2, 0.25) is 10.0 Å². The molecule has 2 N–H and O–H groups in total. The Hall–Kier alpha value is -1.40. The van der Waals surface area contributed by atoms with Crippen LogP contribution in [0.2, 0.25) is 0 Å². The van der Waals surface area contributed by atoms with E-state index in [1.165, 1.54) is 24.3 Å². The molecule has 0 fully saturated rings. The van der Waals surface area contributed by atoms with Crippen LogP contribution in [-0.4, -0.2) is 26.0 Å². The molecule has 0 unspecified atom stereocenters. The van der Waals surface area contributed by atoms with Crippen LogP contribution in [0.4, 0.5) is 0 Å². The summed E-state index contributed by atoms with van der Waals surface area (Å²) in [7, 11) is -3.50. The van der Waals surface area contributed by atoms with Gasteiger partial charge >= 0.3 is 5.97 Å². The summed E-state index contributed by atoms with van der Waals surface area (Å²) < 4.78 is 25.2. The second-order valence-corrected chi connectivity index (χ2v) is 4.60. The molecule has 0 saturated heterocycles. The maximum Gasteiger partial charge on any atom is 0.335 e. The molecule has 1 rings (SSSR count). The minimum absolute atomic E-state index is 0.0606. The number of aromatic carboxylic acids is 1. The van der Waals surface area contributed by atoms with Crippen molar-refractivity contribution in [2.24, 2.45) is 0 Å². The van der Waals surface area contributed by atoms with Crippen molar-refractivity contribution in [3.63, 3.8) is 0 Å². The largest absolute Gasteiger partial charge is 0.478 e. The summed E-state index contributed by atoms with van der Waals surface area (Å²) in [5.41, 5.74) is 0.0606. The molecule has 0 heterocycles. The molecule has 0 aliphatic heterocycles. The van der Waals surface area contributed by atoms with E-state index in [0.29, 0.717) is 6.54 Å². The first-order valence-electron chi connectivity index (χ1n) is 4.30. The van der Waals surface area contributed by atoms with Crippen LogP contribution in [0.1, 0.15) is 17.3 Å². The maximum absolute atomic E-state index is 11.5. The van der Waals surface area contributed by atoms with E-state index in [1.54, 1.807) is 6.92 Å². The number of carbonyl (C=O) groups is 1. The van der Waals surface area contributed by atoms with Crippen LogP contribution in [0.25, 0.3) is 0 Å². The average molecular weight is 229 g/mol. The number of carboxylic acid groups (broad SMARTS) is 1. The Labute approximate surface area is 87.8 Å². The molecule has 0 spiro atoms. The fourth-order valence-corrected chi connectivity index (χ4v) is 2.09. The van der Waals surface area contributed by atoms with Crippen molar-refractivity contribution in [2.75, 3.05) is 6.54 Å². The summed E-state index contributed by atoms with van der Waals surface area (Å²) in [6, 6.07) is 5.04. The predicted molar refractivity (Wildman–Crippen MR) is 54.3 cm³/mol. The maximum atomic E-state index is 11.5. The fraction of sp³-hybridized carbons (Fsp3) is 0.222. The second-order valence-electron chi connectivity index (χ2n) is 2.83. The zero-order valence-corrected chi connectivity index (χ0v) is 8.91. The van der Waals surface area contributed by atoms with Crippen LogP contribution in [0.5, 0.6) is 0 Å². The number of carboxylic acids is 1. The van der Waals surface area contributed by atoms with Gasteiger partial charge in [0.25, 0.3) is 0 Å². The minimum Gasteiger partial charge on any atom is -0.478 e. The van der Waals surface area contributed by atoms with Gasteiger partial charge in [0.05, 0.1) is 10.5 Å². The lowest BCUT2D eigenvalue weighted by Crippen LogP contribution is -2.23. The van der Waals surface area contributed by atoms with E-state index in [0.717, 1.165) is 0 Å². The molecular weight excluding hydrogens is 218 g/mol. The van der Waals surface area contributed by atoms with Crippen molar-refractivity contribution in [1.29, 1.82) is 0 Å². The van der Waals surface area contributed by atoms with Crippen LogP contribution in [0.3, 0.4) is 0 Å². The summed E-state index contributed by atoms with van der Waals surface area (Å²) >= 11 is 0. The molecule has 0 bridgehead atoms. The molecule has 0 aliphatic carbocycles. The quantitative estimate of drug-likeness (QED) is 0.795. The molecule has 0 atom stereocenters. The van der Waals surface area contributed by atoms with Crippen molar-refractivity contribution in [1.82, 2.24) is 4.72 Å². The molecule has 6 heteroatoms. The Bertz CT molecular complexity index is 450. The van der Waals surface area contributed by atoms with Crippen LogP contribution < -0.4 is 4.72 Å². The monoisotopic (exact) mass is 229 g/mol. The molecule has 0 aliphatic rings. The van der Waals surface area contributed by atoms with E-state index in [9.17, 15) is 13.2 Å². The second kappa shape index (κ2) is 4.41. The normalized spacial score (nSPS) is 11.3. The zero-order valence-electron chi connectivity index (χ0n) is 8.10. The number of benzene rings is 1. The standard InChI is InChI=1S/C9H11NO4S/c1-2-10-15(13,14)8-5-3-7(4-6-8)9(11)12/h3-6,10H,2H2,1H3,(H,11,12). The molecule has 1 aromatic carbocycles. The van der Waals surface area contributed by atoms with Crippen molar-refractivity contribution in [3.8, 4) is 0 Å². The minimum atomic E-state index is -3.50. The Morgan fingerprint density at radius 2 is 1.87 bits per heavy atom. The van der Waals surface area contributed by atoms with Gasteiger partial charge in [-0.05, 0) is 24.3 Å². The summed E-state index contributed by atoms with van der Waals surface area (Å²) in [4.78, 5) is 10.6. The van der Waals surface area contributed by atoms with E-state index in [1.807, 2.05) is 0 Å². The Morgan fingerprint density at radius 1 is 1.33 bits per heavy atom. The molecule has 0 saturated carbocycles. The van der Waals surface area contributed by atoms with Crippen LogP contribution in [0.15, 0.2) is 29.2 Å². The highest BCUT2D eigenvalue weighted by atomic mass is 32.2. The molecule has 5 nitrogen and oxygen atoms in total. The van der Waals surface area contributed by atoms with Crippen molar-refractivity contribution in [2.45, 2.75) is 11.8 Å². The van der Waals surface area contributed by atoms with Crippen molar-refractivity contribution >= 4 is 16.0 Å². The Kier molecular flexibility index (Phi) is 3.43. The van der Waals surface area contributed by atoms with E-state index in [2.05, 4.69) is 4.72 Å². The Morgan fingerprint density at radius 3 is 2.27 bits per heavy atom. The third-order valence-electron chi connectivity index (χ3n) is 1.75. The summed E-state index contributed by atoms with van der Waals surface area (Å²) in [6.45, 7) is 1.96. The third-order valence-corrected chi connectivity index (χ3v) is 3.31. The van der Waals surface area contributed by atoms with E-state index < -0.39 is 16.0 Å². The van der Waals surface area contributed by atoms with Gasteiger partial charge in [-0.25, -0.2) is 17.9 Å². The van der Waals surface area contributed by atoms with Gasteiger partial charge in [0.15, 0.2) is 0 Å². The topological polar surface area (TPSA) is 83.5 Å². The highest BCUT2D eigenvalue weighted by Crippen LogP contribution is 2.10. The molecule has 15 heavy (non-hydrogen) atoms.